The first-order valence-electron chi connectivity index (χ1n) is 5.38. The van der Waals surface area contributed by atoms with Gasteiger partial charge in [-0.1, -0.05) is 0 Å². The van der Waals surface area contributed by atoms with Gasteiger partial charge in [-0.05, 0) is 25.1 Å². The van der Waals surface area contributed by atoms with Crippen LogP contribution < -0.4 is 5.73 Å². The molecule has 2 N–H and O–H groups in total. The van der Waals surface area contributed by atoms with Crippen molar-refractivity contribution in [2.45, 2.75) is 13.1 Å². The van der Waals surface area contributed by atoms with Crippen LogP contribution in [0.4, 0.5) is 23.4 Å². The van der Waals surface area contributed by atoms with Crippen molar-refractivity contribution in [3.8, 4) is 11.3 Å². The van der Waals surface area contributed by atoms with E-state index in [9.17, 15) is 17.6 Å². The SMILES string of the molecule is Cc1c(-c2cc(C(F)(F)F)ccc2F)nn(C)c1N. The number of aromatic nitrogens is 2. The molecule has 19 heavy (non-hydrogen) atoms. The molecular weight excluding hydrogens is 262 g/mol. The monoisotopic (exact) mass is 273 g/mol. The zero-order chi connectivity index (χ0) is 14.4. The number of benzene rings is 1. The Balaban J connectivity index is 2.65. The van der Waals surface area contributed by atoms with Crippen LogP contribution in [0.15, 0.2) is 18.2 Å². The average molecular weight is 273 g/mol. The number of nitrogens with two attached hydrogens (primary N) is 1. The normalized spacial score (nSPS) is 11.9. The predicted molar refractivity (Wildman–Crippen MR) is 62.8 cm³/mol. The Labute approximate surface area is 106 Å². The van der Waals surface area contributed by atoms with Gasteiger partial charge in [-0.3, -0.25) is 4.68 Å². The number of anilines is 1. The molecule has 7 heteroatoms. The summed E-state index contributed by atoms with van der Waals surface area (Å²) in [5.74, 6) is -0.485. The van der Waals surface area contributed by atoms with Gasteiger partial charge in [0.15, 0.2) is 0 Å². The zero-order valence-electron chi connectivity index (χ0n) is 10.2. The second-order valence-corrected chi connectivity index (χ2v) is 4.17. The van der Waals surface area contributed by atoms with Crippen molar-refractivity contribution in [1.82, 2.24) is 9.78 Å². The second kappa shape index (κ2) is 4.25. The topological polar surface area (TPSA) is 43.8 Å². The van der Waals surface area contributed by atoms with Gasteiger partial charge in [0.25, 0.3) is 0 Å². The van der Waals surface area contributed by atoms with Gasteiger partial charge in [0, 0.05) is 18.2 Å². The van der Waals surface area contributed by atoms with E-state index in [1.807, 2.05) is 0 Å². The third kappa shape index (κ3) is 2.27. The van der Waals surface area contributed by atoms with Crippen molar-refractivity contribution >= 4 is 5.82 Å². The third-order valence-corrected chi connectivity index (χ3v) is 2.89. The summed E-state index contributed by atoms with van der Waals surface area (Å²) in [6, 6.07) is 2.22. The maximum absolute atomic E-state index is 13.7. The molecule has 0 aliphatic heterocycles. The van der Waals surface area contributed by atoms with Gasteiger partial charge >= 0.3 is 6.18 Å². The van der Waals surface area contributed by atoms with Crippen LogP contribution in [0.25, 0.3) is 11.3 Å². The van der Waals surface area contributed by atoms with Gasteiger partial charge in [-0.25, -0.2) is 4.39 Å². The van der Waals surface area contributed by atoms with Crippen LogP contribution >= 0.6 is 0 Å². The Kier molecular flexibility index (Phi) is 3.00. The molecule has 2 rings (SSSR count). The lowest BCUT2D eigenvalue weighted by atomic mass is 10.0. The third-order valence-electron chi connectivity index (χ3n) is 2.89. The highest BCUT2D eigenvalue weighted by molar-refractivity contribution is 5.69. The Hall–Kier alpha value is -2.05. The first-order valence-corrected chi connectivity index (χ1v) is 5.38. The van der Waals surface area contributed by atoms with E-state index in [2.05, 4.69) is 5.10 Å². The fourth-order valence-corrected chi connectivity index (χ4v) is 1.78. The lowest BCUT2D eigenvalue weighted by molar-refractivity contribution is -0.137. The summed E-state index contributed by atoms with van der Waals surface area (Å²) in [6.07, 6.45) is -4.53. The van der Waals surface area contributed by atoms with Crippen LogP contribution in [0.3, 0.4) is 0 Å². The van der Waals surface area contributed by atoms with E-state index < -0.39 is 17.6 Å². The maximum Gasteiger partial charge on any atom is 0.416 e. The molecule has 0 amide bonds. The predicted octanol–water partition coefficient (Wildman–Crippen LogP) is 3.14. The Morgan fingerprint density at radius 2 is 1.89 bits per heavy atom. The molecule has 3 nitrogen and oxygen atoms in total. The van der Waals surface area contributed by atoms with Gasteiger partial charge in [-0.2, -0.15) is 18.3 Å². The molecule has 1 aromatic carbocycles. The smallest absolute Gasteiger partial charge is 0.384 e. The molecule has 2 aromatic rings. The molecule has 0 atom stereocenters. The number of hydrogen-bond acceptors (Lipinski definition) is 2. The van der Waals surface area contributed by atoms with Crippen LogP contribution in [0, 0.1) is 12.7 Å². The van der Waals surface area contributed by atoms with E-state index >= 15 is 0 Å². The van der Waals surface area contributed by atoms with Crippen LogP contribution in [0.2, 0.25) is 0 Å². The molecule has 102 valence electrons. The highest BCUT2D eigenvalue weighted by atomic mass is 19.4. The van der Waals surface area contributed by atoms with Crippen molar-refractivity contribution in [1.29, 1.82) is 0 Å². The molecule has 0 unspecified atom stereocenters. The molecule has 0 aliphatic rings. The summed E-state index contributed by atoms with van der Waals surface area (Å²) < 4.78 is 52.9. The molecule has 1 heterocycles. The van der Waals surface area contributed by atoms with Gasteiger partial charge in [0.2, 0.25) is 0 Å². The first kappa shape index (κ1) is 13.4. The zero-order valence-corrected chi connectivity index (χ0v) is 10.2. The summed E-state index contributed by atoms with van der Waals surface area (Å²) in [6.45, 7) is 1.58. The quantitative estimate of drug-likeness (QED) is 0.811. The molecule has 0 saturated carbocycles. The fourth-order valence-electron chi connectivity index (χ4n) is 1.78. The van der Waals surface area contributed by atoms with Crippen LogP contribution in [-0.4, -0.2) is 9.78 Å². The lowest BCUT2D eigenvalue weighted by Gasteiger charge is -2.09. The first-order chi connectivity index (χ1) is 8.71. The number of alkyl halides is 3. The van der Waals surface area contributed by atoms with E-state index in [0.717, 1.165) is 12.1 Å². The van der Waals surface area contributed by atoms with Crippen molar-refractivity contribution in [2.75, 3.05) is 5.73 Å². The highest BCUT2D eigenvalue weighted by Gasteiger charge is 2.31. The number of halogens is 4. The molecule has 0 radical (unpaired) electrons. The Morgan fingerprint density at radius 1 is 1.26 bits per heavy atom. The van der Waals surface area contributed by atoms with E-state index in [1.54, 1.807) is 6.92 Å². The van der Waals surface area contributed by atoms with Crippen LogP contribution in [-0.2, 0) is 13.2 Å². The van der Waals surface area contributed by atoms with E-state index in [4.69, 9.17) is 5.73 Å². The van der Waals surface area contributed by atoms with Crippen molar-refractivity contribution in [2.24, 2.45) is 7.05 Å². The van der Waals surface area contributed by atoms with Crippen LogP contribution in [0.1, 0.15) is 11.1 Å². The standard InChI is InChI=1S/C12H11F4N3/c1-6-10(18-19(2)11(6)17)8-5-7(12(14,15)16)3-4-9(8)13/h3-5H,17H2,1-2H3. The maximum atomic E-state index is 13.7. The molecule has 0 saturated heterocycles. The Bertz CT molecular complexity index is 629. The molecular formula is C12H11F4N3. The van der Waals surface area contributed by atoms with E-state index in [1.165, 1.54) is 11.7 Å². The minimum absolute atomic E-state index is 0.114. The summed E-state index contributed by atoms with van der Waals surface area (Å²) in [5, 5.41) is 3.95. The van der Waals surface area contributed by atoms with Gasteiger partial charge in [0.1, 0.15) is 17.3 Å². The Morgan fingerprint density at radius 3 is 2.37 bits per heavy atom. The van der Waals surface area contributed by atoms with E-state index in [-0.39, 0.29) is 17.1 Å². The summed E-state index contributed by atoms with van der Waals surface area (Å²) >= 11 is 0. The van der Waals surface area contributed by atoms with Crippen molar-refractivity contribution in [3.05, 3.63) is 35.1 Å². The van der Waals surface area contributed by atoms with E-state index in [0.29, 0.717) is 11.6 Å². The number of nitrogen functional groups attached to an aromatic ring is 1. The van der Waals surface area contributed by atoms with Crippen molar-refractivity contribution in [3.63, 3.8) is 0 Å². The molecule has 1 aromatic heterocycles. The minimum atomic E-state index is -4.53. The summed E-state index contributed by atoms with van der Waals surface area (Å²) in [7, 11) is 1.54. The summed E-state index contributed by atoms with van der Waals surface area (Å²) in [4.78, 5) is 0. The average Bonchev–Trinajstić information content (AvgIpc) is 2.56. The summed E-state index contributed by atoms with van der Waals surface area (Å²) in [5.41, 5.74) is 5.10. The van der Waals surface area contributed by atoms with Crippen LogP contribution in [0.5, 0.6) is 0 Å². The van der Waals surface area contributed by atoms with Crippen molar-refractivity contribution < 1.29 is 17.6 Å². The largest absolute Gasteiger partial charge is 0.416 e. The van der Waals surface area contributed by atoms with Gasteiger partial charge in [-0.15, -0.1) is 0 Å². The molecule has 0 fully saturated rings. The number of nitrogens with zero attached hydrogens (tertiary/aromatic N) is 2. The number of aryl methyl sites for hydroxylation is 1. The molecule has 0 spiro atoms. The van der Waals surface area contributed by atoms with Gasteiger partial charge < -0.3 is 5.73 Å². The highest BCUT2D eigenvalue weighted by Crippen LogP contribution is 2.34. The lowest BCUT2D eigenvalue weighted by Crippen LogP contribution is -2.05. The number of rotatable bonds is 1. The fraction of sp³-hybridized carbons (Fsp3) is 0.250. The minimum Gasteiger partial charge on any atom is -0.384 e. The second-order valence-electron chi connectivity index (χ2n) is 4.17. The molecule has 0 aliphatic carbocycles. The number of hydrogen-bond donors (Lipinski definition) is 1. The van der Waals surface area contributed by atoms with Gasteiger partial charge in [0.05, 0.1) is 5.56 Å². The molecule has 0 bridgehead atoms.